The number of aliphatic hydroxyl groups excluding tert-OH is 1. The lowest BCUT2D eigenvalue weighted by Crippen LogP contribution is -2.30. The number of aryl methyl sites for hydroxylation is 1. The minimum atomic E-state index is -4.63. The first-order valence-electron chi connectivity index (χ1n) is 13.7. The number of fused-ring (bicyclic) bond motifs is 1. The lowest BCUT2D eigenvalue weighted by atomic mass is 10.0. The van der Waals surface area contributed by atoms with Crippen molar-refractivity contribution in [2.45, 2.75) is 42.9 Å². The second kappa shape index (κ2) is 12.3. The maximum atomic E-state index is 13.7. The van der Waals surface area contributed by atoms with Crippen molar-refractivity contribution in [3.05, 3.63) is 99.7 Å². The molecule has 1 saturated carbocycles. The van der Waals surface area contributed by atoms with Crippen molar-refractivity contribution >= 4 is 38.2 Å². The lowest BCUT2D eigenvalue weighted by Gasteiger charge is -2.17. The minimum absolute atomic E-state index is 0.0186. The van der Waals surface area contributed by atoms with Gasteiger partial charge in [0.2, 0.25) is 0 Å². The summed E-state index contributed by atoms with van der Waals surface area (Å²) in [6, 6.07) is 15.0. The van der Waals surface area contributed by atoms with Crippen molar-refractivity contribution in [2.75, 3.05) is 19.0 Å². The molecule has 0 spiro atoms. The van der Waals surface area contributed by atoms with Crippen LogP contribution >= 0.6 is 11.6 Å². The van der Waals surface area contributed by atoms with Gasteiger partial charge in [-0.2, -0.15) is 13.2 Å². The molecule has 1 atom stereocenters. The van der Waals surface area contributed by atoms with Gasteiger partial charge in [0, 0.05) is 33.6 Å². The fraction of sp³-hybridized carbons (Fsp3) is 0.323. The average Bonchev–Trinajstić information content (AvgIpc) is 3.71. The molecule has 1 aliphatic rings. The summed E-state index contributed by atoms with van der Waals surface area (Å²) in [5.74, 6) is -0.220. The first kappa shape index (κ1) is 31.0. The maximum absolute atomic E-state index is 13.7. The molecule has 0 unspecified atom stereocenters. The highest BCUT2D eigenvalue weighted by molar-refractivity contribution is 7.91. The number of hydrogen-bond donors (Lipinski definition) is 2. The molecule has 12 heteroatoms. The first-order chi connectivity index (χ1) is 20.4. The Hall–Kier alpha value is -3.41. The summed E-state index contributed by atoms with van der Waals surface area (Å²) in [5, 5.41) is 13.2. The molecule has 1 aliphatic carbocycles. The minimum Gasteiger partial charge on any atom is -0.394 e. The van der Waals surface area contributed by atoms with Crippen LogP contribution in [0.15, 0.2) is 71.6 Å². The summed E-state index contributed by atoms with van der Waals surface area (Å²) < 4.78 is 81.2. The molecule has 0 saturated heterocycles. The second-order valence-corrected chi connectivity index (χ2v) is 13.2. The Balaban J connectivity index is 1.38. The molecule has 0 radical (unpaired) electrons. The summed E-state index contributed by atoms with van der Waals surface area (Å²) in [6.07, 6.45) is -2.95. The average molecular weight is 637 g/mol. The second-order valence-electron chi connectivity index (χ2n) is 10.7. The van der Waals surface area contributed by atoms with Gasteiger partial charge in [-0.15, -0.1) is 0 Å². The third-order valence-corrected chi connectivity index (χ3v) is 9.72. The van der Waals surface area contributed by atoms with E-state index in [-0.39, 0.29) is 45.7 Å². The number of nitrogens with one attached hydrogen (secondary N) is 1. The summed E-state index contributed by atoms with van der Waals surface area (Å²) >= 11 is 5.81. The van der Waals surface area contributed by atoms with Crippen LogP contribution in [0.4, 0.5) is 17.6 Å². The molecule has 2 N–H and O–H groups in total. The summed E-state index contributed by atoms with van der Waals surface area (Å²) in [5.41, 5.74) is 0.829. The largest absolute Gasteiger partial charge is 0.416 e. The number of benzene rings is 3. The summed E-state index contributed by atoms with van der Waals surface area (Å²) in [7, 11) is -3.41. The van der Waals surface area contributed by atoms with E-state index in [4.69, 9.17) is 11.6 Å². The highest BCUT2D eigenvalue weighted by Gasteiger charge is 2.34. The van der Waals surface area contributed by atoms with E-state index in [1.165, 1.54) is 30.3 Å². The summed E-state index contributed by atoms with van der Waals surface area (Å²) in [6.45, 7) is -1.27. The molecular weight excluding hydrogens is 608 g/mol. The highest BCUT2D eigenvalue weighted by Crippen LogP contribution is 2.36. The third-order valence-electron chi connectivity index (χ3n) is 7.59. The van der Waals surface area contributed by atoms with Crippen LogP contribution in [0.3, 0.4) is 0 Å². The van der Waals surface area contributed by atoms with Crippen LogP contribution in [-0.4, -0.2) is 43.0 Å². The van der Waals surface area contributed by atoms with Crippen LogP contribution in [-0.2, 0) is 29.0 Å². The van der Waals surface area contributed by atoms with E-state index in [1.807, 2.05) is 0 Å². The van der Waals surface area contributed by atoms with Gasteiger partial charge in [-0.3, -0.25) is 4.79 Å². The number of aliphatic hydroxyl groups is 1. The number of aromatic nitrogens is 1. The van der Waals surface area contributed by atoms with E-state index in [1.54, 1.807) is 34.9 Å². The molecule has 3 aromatic carbocycles. The number of sulfone groups is 1. The smallest absolute Gasteiger partial charge is 0.394 e. The standard InChI is InChI=1S/C31H29ClF4N2O4S/c32-24-7-3-21(27(16-24)31(34,35)36)14-25-15-23-13-22(6-10-29(23)38(25)12-11-33)30(40)37-28(17-39)20-4-8-26(9-5-20)43(41,42)18-19-1-2-19/h3-10,13,15-16,19,28,39H,1-2,11-12,14,17-18H2,(H,37,40)/t28-/m0/s1. The van der Waals surface area contributed by atoms with Crippen molar-refractivity contribution in [1.29, 1.82) is 0 Å². The molecular formula is C31H29ClF4N2O4S. The Morgan fingerprint density at radius 3 is 2.40 bits per heavy atom. The highest BCUT2D eigenvalue weighted by atomic mass is 35.5. The van der Waals surface area contributed by atoms with E-state index < -0.39 is 46.8 Å². The van der Waals surface area contributed by atoms with Crippen molar-refractivity contribution in [2.24, 2.45) is 5.92 Å². The fourth-order valence-corrected chi connectivity index (χ4v) is 7.07. The van der Waals surface area contributed by atoms with Crippen molar-refractivity contribution < 1.29 is 35.9 Å². The zero-order chi connectivity index (χ0) is 30.9. The number of halogens is 5. The van der Waals surface area contributed by atoms with Gasteiger partial charge in [-0.05, 0) is 78.4 Å². The van der Waals surface area contributed by atoms with Gasteiger partial charge in [0.15, 0.2) is 9.84 Å². The predicted molar refractivity (Wildman–Crippen MR) is 156 cm³/mol. The zero-order valence-electron chi connectivity index (χ0n) is 22.9. The normalized spacial score (nSPS) is 14.7. The molecule has 0 bridgehead atoms. The van der Waals surface area contributed by atoms with Crippen LogP contribution in [0.5, 0.6) is 0 Å². The topological polar surface area (TPSA) is 88.4 Å². The van der Waals surface area contributed by atoms with E-state index in [2.05, 4.69) is 5.32 Å². The Labute approximate surface area is 251 Å². The molecule has 1 fully saturated rings. The van der Waals surface area contributed by atoms with Gasteiger partial charge in [-0.25, -0.2) is 12.8 Å². The van der Waals surface area contributed by atoms with E-state index in [0.717, 1.165) is 18.9 Å². The Bertz CT molecular complexity index is 1750. The van der Waals surface area contributed by atoms with Gasteiger partial charge in [0.1, 0.15) is 6.67 Å². The van der Waals surface area contributed by atoms with Gasteiger partial charge >= 0.3 is 6.18 Å². The number of carbonyl (C=O) groups is 1. The van der Waals surface area contributed by atoms with E-state index in [0.29, 0.717) is 22.2 Å². The van der Waals surface area contributed by atoms with Gasteiger partial charge in [-0.1, -0.05) is 29.8 Å². The zero-order valence-corrected chi connectivity index (χ0v) is 24.4. The van der Waals surface area contributed by atoms with Gasteiger partial charge < -0.3 is 15.0 Å². The Morgan fingerprint density at radius 1 is 1.05 bits per heavy atom. The van der Waals surface area contributed by atoms with Gasteiger partial charge in [0.05, 0.1) is 35.4 Å². The number of hydrogen-bond acceptors (Lipinski definition) is 4. The lowest BCUT2D eigenvalue weighted by molar-refractivity contribution is -0.138. The van der Waals surface area contributed by atoms with Crippen molar-refractivity contribution in [1.82, 2.24) is 9.88 Å². The van der Waals surface area contributed by atoms with Crippen LogP contribution in [0.2, 0.25) is 5.02 Å². The van der Waals surface area contributed by atoms with Crippen LogP contribution in [0.1, 0.15) is 51.6 Å². The Kier molecular flexibility index (Phi) is 8.87. The third kappa shape index (κ3) is 7.05. The number of alkyl halides is 4. The molecule has 4 aromatic rings. The first-order valence-corrected chi connectivity index (χ1v) is 15.7. The van der Waals surface area contributed by atoms with Crippen LogP contribution in [0, 0.1) is 5.92 Å². The summed E-state index contributed by atoms with van der Waals surface area (Å²) in [4.78, 5) is 13.3. The van der Waals surface area contributed by atoms with Crippen molar-refractivity contribution in [3.63, 3.8) is 0 Å². The molecule has 1 heterocycles. The Morgan fingerprint density at radius 2 is 1.77 bits per heavy atom. The van der Waals surface area contributed by atoms with E-state index >= 15 is 0 Å². The molecule has 1 amide bonds. The molecule has 0 aliphatic heterocycles. The monoisotopic (exact) mass is 636 g/mol. The number of nitrogens with zero attached hydrogens (tertiary/aromatic N) is 1. The van der Waals surface area contributed by atoms with E-state index in [9.17, 15) is 35.9 Å². The number of carbonyl (C=O) groups excluding carboxylic acids is 1. The quantitative estimate of drug-likeness (QED) is 0.184. The molecule has 6 nitrogen and oxygen atoms in total. The predicted octanol–water partition coefficient (Wildman–Crippen LogP) is 6.52. The molecule has 228 valence electrons. The fourth-order valence-electron chi connectivity index (χ4n) is 5.20. The van der Waals surface area contributed by atoms with Crippen LogP contribution < -0.4 is 5.32 Å². The maximum Gasteiger partial charge on any atom is 0.416 e. The SMILES string of the molecule is O=C(N[C@@H](CO)c1ccc(S(=O)(=O)CC2CC2)cc1)c1ccc2c(c1)cc(Cc1ccc(Cl)cc1C(F)(F)F)n2CCF. The van der Waals surface area contributed by atoms with Crippen LogP contribution in [0.25, 0.3) is 10.9 Å². The van der Waals surface area contributed by atoms with Crippen molar-refractivity contribution in [3.8, 4) is 0 Å². The van der Waals surface area contributed by atoms with Gasteiger partial charge in [0.25, 0.3) is 5.91 Å². The molecule has 1 aromatic heterocycles. The molecule has 43 heavy (non-hydrogen) atoms. The number of amides is 1. The number of rotatable bonds is 11. The molecule has 5 rings (SSSR count).